The first kappa shape index (κ1) is 14.8. The van der Waals surface area contributed by atoms with E-state index in [0.29, 0.717) is 24.6 Å². The molecule has 5 heteroatoms. The zero-order valence-electron chi connectivity index (χ0n) is 10.8. The van der Waals surface area contributed by atoms with Gasteiger partial charge in [-0.15, -0.1) is 0 Å². The maximum absolute atomic E-state index is 11.4. The lowest BCUT2D eigenvalue weighted by atomic mass is 10.3. The highest BCUT2D eigenvalue weighted by Gasteiger charge is 2.01. The summed E-state index contributed by atoms with van der Waals surface area (Å²) in [7, 11) is 3.94. The Morgan fingerprint density at radius 3 is 2.61 bits per heavy atom. The summed E-state index contributed by atoms with van der Waals surface area (Å²) in [4.78, 5) is 13.5. The minimum absolute atomic E-state index is 0.00538. The molecule has 1 amide bonds. The fourth-order valence-electron chi connectivity index (χ4n) is 1.30. The number of likely N-dealkylation sites (N-methyl/N-ethyl adjacent to an activating group) is 1. The average Bonchev–Trinajstić information content (AvgIpc) is 2.31. The molecule has 0 atom stereocenters. The van der Waals surface area contributed by atoms with Crippen LogP contribution in [0.2, 0.25) is 5.02 Å². The predicted molar refractivity (Wildman–Crippen MR) is 73.1 cm³/mol. The summed E-state index contributed by atoms with van der Waals surface area (Å²) in [5, 5.41) is 3.50. The number of nitrogens with one attached hydrogen (secondary N) is 1. The second-order valence-corrected chi connectivity index (χ2v) is 4.64. The summed E-state index contributed by atoms with van der Waals surface area (Å²) >= 11 is 5.76. The highest BCUT2D eigenvalue weighted by Crippen LogP contribution is 2.15. The molecule has 0 heterocycles. The van der Waals surface area contributed by atoms with Gasteiger partial charge in [-0.3, -0.25) is 4.79 Å². The van der Waals surface area contributed by atoms with Crippen molar-refractivity contribution in [3.8, 4) is 5.75 Å². The lowest BCUT2D eigenvalue weighted by Crippen LogP contribution is -2.32. The number of amides is 1. The normalized spacial score (nSPS) is 10.4. The molecule has 4 nitrogen and oxygen atoms in total. The van der Waals surface area contributed by atoms with Gasteiger partial charge in [0.1, 0.15) is 5.75 Å². The molecule has 0 unspecified atom stereocenters. The van der Waals surface area contributed by atoms with E-state index < -0.39 is 0 Å². The van der Waals surface area contributed by atoms with Gasteiger partial charge in [-0.25, -0.2) is 0 Å². The van der Waals surface area contributed by atoms with Crippen LogP contribution in [0.5, 0.6) is 5.75 Å². The largest absolute Gasteiger partial charge is 0.493 e. The molecule has 0 saturated heterocycles. The summed E-state index contributed by atoms with van der Waals surface area (Å²) < 4.78 is 5.43. The molecule has 0 aliphatic carbocycles. The third kappa shape index (κ3) is 6.47. The number of carbonyl (C=O) groups excluding carboxylic acids is 1. The quantitative estimate of drug-likeness (QED) is 0.821. The van der Waals surface area contributed by atoms with Crippen molar-refractivity contribution in [2.45, 2.75) is 6.42 Å². The molecule has 100 valence electrons. The Kier molecular flexibility index (Phi) is 6.54. The maximum atomic E-state index is 11.4. The number of carbonyl (C=O) groups is 1. The van der Waals surface area contributed by atoms with Gasteiger partial charge in [0.25, 0.3) is 0 Å². The topological polar surface area (TPSA) is 41.6 Å². The number of rotatable bonds is 7. The molecule has 1 aromatic carbocycles. The van der Waals surface area contributed by atoms with E-state index in [9.17, 15) is 4.79 Å². The zero-order chi connectivity index (χ0) is 13.4. The Balaban J connectivity index is 2.13. The van der Waals surface area contributed by atoms with Gasteiger partial charge in [-0.05, 0) is 38.4 Å². The third-order valence-corrected chi connectivity index (χ3v) is 2.54. The van der Waals surface area contributed by atoms with Gasteiger partial charge in [0, 0.05) is 18.1 Å². The Hall–Kier alpha value is -1.26. The molecule has 0 bridgehead atoms. The molecule has 0 radical (unpaired) electrons. The van der Waals surface area contributed by atoms with Crippen LogP contribution in [0.4, 0.5) is 0 Å². The van der Waals surface area contributed by atoms with Crippen LogP contribution in [0.1, 0.15) is 6.42 Å². The first-order valence-corrected chi connectivity index (χ1v) is 6.25. The standard InChI is InChI=1S/C13H19ClN2O2/c1-16(2)9-8-15-13(17)7-10-18-12-5-3-11(14)4-6-12/h3-6H,7-10H2,1-2H3,(H,15,17). The highest BCUT2D eigenvalue weighted by molar-refractivity contribution is 6.30. The van der Waals surface area contributed by atoms with E-state index in [0.717, 1.165) is 12.3 Å². The Bertz CT molecular complexity index is 366. The van der Waals surface area contributed by atoms with Crippen molar-refractivity contribution in [3.05, 3.63) is 29.3 Å². The van der Waals surface area contributed by atoms with E-state index in [1.165, 1.54) is 0 Å². The first-order valence-electron chi connectivity index (χ1n) is 5.88. The van der Waals surface area contributed by atoms with E-state index in [1.54, 1.807) is 24.3 Å². The zero-order valence-corrected chi connectivity index (χ0v) is 11.5. The van der Waals surface area contributed by atoms with Crippen molar-refractivity contribution in [3.63, 3.8) is 0 Å². The number of halogens is 1. The lowest BCUT2D eigenvalue weighted by Gasteiger charge is -2.10. The van der Waals surface area contributed by atoms with Crippen LogP contribution in [-0.2, 0) is 4.79 Å². The van der Waals surface area contributed by atoms with Crippen LogP contribution in [0.25, 0.3) is 0 Å². The van der Waals surface area contributed by atoms with E-state index >= 15 is 0 Å². The third-order valence-electron chi connectivity index (χ3n) is 2.29. The van der Waals surface area contributed by atoms with E-state index in [4.69, 9.17) is 16.3 Å². The van der Waals surface area contributed by atoms with E-state index in [-0.39, 0.29) is 5.91 Å². The van der Waals surface area contributed by atoms with Gasteiger partial charge in [0.2, 0.25) is 5.91 Å². The monoisotopic (exact) mass is 270 g/mol. The molecule has 0 saturated carbocycles. The van der Waals surface area contributed by atoms with Crippen molar-refractivity contribution in [1.29, 1.82) is 0 Å². The lowest BCUT2D eigenvalue weighted by molar-refractivity contribution is -0.121. The van der Waals surface area contributed by atoms with Crippen molar-refractivity contribution in [1.82, 2.24) is 10.2 Å². The fourth-order valence-corrected chi connectivity index (χ4v) is 1.43. The molecule has 0 aliphatic rings. The van der Waals surface area contributed by atoms with Crippen LogP contribution in [-0.4, -0.2) is 44.6 Å². The van der Waals surface area contributed by atoms with Crippen molar-refractivity contribution in [2.24, 2.45) is 0 Å². The van der Waals surface area contributed by atoms with Crippen LogP contribution in [0.3, 0.4) is 0 Å². The molecular weight excluding hydrogens is 252 g/mol. The SMILES string of the molecule is CN(C)CCNC(=O)CCOc1ccc(Cl)cc1. The van der Waals surface area contributed by atoms with Crippen LogP contribution in [0.15, 0.2) is 24.3 Å². The smallest absolute Gasteiger partial charge is 0.223 e. The molecule has 18 heavy (non-hydrogen) atoms. The maximum Gasteiger partial charge on any atom is 0.223 e. The number of hydrogen-bond donors (Lipinski definition) is 1. The number of nitrogens with zero attached hydrogens (tertiary/aromatic N) is 1. The van der Waals surface area contributed by atoms with E-state index in [2.05, 4.69) is 5.32 Å². The van der Waals surface area contributed by atoms with Gasteiger partial charge in [0.05, 0.1) is 13.0 Å². The molecule has 1 rings (SSSR count). The van der Waals surface area contributed by atoms with Crippen molar-refractivity contribution < 1.29 is 9.53 Å². The summed E-state index contributed by atoms with van der Waals surface area (Å²) in [5.41, 5.74) is 0. The Labute approximate surface area is 113 Å². The van der Waals surface area contributed by atoms with Gasteiger partial charge < -0.3 is 15.0 Å². The minimum atomic E-state index is 0.00538. The minimum Gasteiger partial charge on any atom is -0.493 e. The molecule has 0 spiro atoms. The number of benzene rings is 1. The number of hydrogen-bond acceptors (Lipinski definition) is 3. The summed E-state index contributed by atoms with van der Waals surface area (Å²) in [5.74, 6) is 0.728. The van der Waals surface area contributed by atoms with Crippen LogP contribution < -0.4 is 10.1 Å². The van der Waals surface area contributed by atoms with Gasteiger partial charge in [0.15, 0.2) is 0 Å². The second-order valence-electron chi connectivity index (χ2n) is 4.21. The Morgan fingerprint density at radius 2 is 2.00 bits per heavy atom. The van der Waals surface area contributed by atoms with Gasteiger partial charge in [-0.1, -0.05) is 11.6 Å². The summed E-state index contributed by atoms with van der Waals surface area (Å²) in [6, 6.07) is 7.08. The first-order chi connectivity index (χ1) is 8.58. The molecular formula is C13H19ClN2O2. The Morgan fingerprint density at radius 1 is 1.33 bits per heavy atom. The van der Waals surface area contributed by atoms with Crippen LogP contribution >= 0.6 is 11.6 Å². The van der Waals surface area contributed by atoms with E-state index in [1.807, 2.05) is 19.0 Å². The van der Waals surface area contributed by atoms with Crippen LogP contribution in [0, 0.1) is 0 Å². The summed E-state index contributed by atoms with van der Waals surface area (Å²) in [6.45, 7) is 1.87. The highest BCUT2D eigenvalue weighted by atomic mass is 35.5. The molecule has 0 fully saturated rings. The predicted octanol–water partition coefficient (Wildman–Crippen LogP) is 1.79. The fraction of sp³-hybridized carbons (Fsp3) is 0.462. The van der Waals surface area contributed by atoms with Gasteiger partial charge >= 0.3 is 0 Å². The molecule has 0 aromatic heterocycles. The summed E-state index contributed by atoms with van der Waals surface area (Å²) in [6.07, 6.45) is 0.357. The van der Waals surface area contributed by atoms with Gasteiger partial charge in [-0.2, -0.15) is 0 Å². The molecule has 1 aromatic rings. The average molecular weight is 271 g/mol. The molecule has 0 aliphatic heterocycles. The van der Waals surface area contributed by atoms with Crippen molar-refractivity contribution in [2.75, 3.05) is 33.8 Å². The van der Waals surface area contributed by atoms with Crippen molar-refractivity contribution >= 4 is 17.5 Å². The molecule has 1 N–H and O–H groups in total. The number of ether oxygens (including phenoxy) is 1. The second kappa shape index (κ2) is 7.95.